The van der Waals surface area contributed by atoms with Crippen LogP contribution in [-0.4, -0.2) is 5.11 Å². The lowest BCUT2D eigenvalue weighted by molar-refractivity contribution is -0.189. The molecule has 202 valence electrons. The van der Waals surface area contributed by atoms with Gasteiger partial charge >= 0.3 is 0 Å². The van der Waals surface area contributed by atoms with Crippen molar-refractivity contribution >= 4 is 0 Å². The highest BCUT2D eigenvalue weighted by molar-refractivity contribution is 5.73. The van der Waals surface area contributed by atoms with Crippen LogP contribution in [0.25, 0.3) is 11.1 Å². The minimum absolute atomic E-state index is 0.444. The second kappa shape index (κ2) is 9.42. The highest BCUT2D eigenvalue weighted by Gasteiger charge is 2.62. The molecule has 0 bridgehead atoms. The summed E-state index contributed by atoms with van der Waals surface area (Å²) >= 11 is 0. The van der Waals surface area contributed by atoms with Crippen molar-refractivity contribution in [3.63, 3.8) is 0 Å². The van der Waals surface area contributed by atoms with Crippen LogP contribution in [0.15, 0.2) is 42.5 Å². The Morgan fingerprint density at radius 3 is 1.68 bits per heavy atom. The minimum atomic E-state index is 0.444. The number of phenolic OH excluding ortho intramolecular Hbond substituents is 1. The van der Waals surface area contributed by atoms with Gasteiger partial charge in [0.1, 0.15) is 5.75 Å². The summed E-state index contributed by atoms with van der Waals surface area (Å²) < 4.78 is 0. The average Bonchev–Trinajstić information content (AvgIpc) is 2.97. The van der Waals surface area contributed by atoms with Crippen LogP contribution in [-0.2, 0) is 0 Å². The lowest BCUT2D eigenvalue weighted by Crippen LogP contribution is -2.61. The Hall–Kier alpha value is -1.76. The topological polar surface area (TPSA) is 20.2 Å². The molecule has 2 aromatic carbocycles. The molecule has 2 aromatic rings. The van der Waals surface area contributed by atoms with Gasteiger partial charge in [0.15, 0.2) is 0 Å². The summed E-state index contributed by atoms with van der Waals surface area (Å²) in [5.41, 5.74) is 5.02. The van der Waals surface area contributed by atoms with Crippen LogP contribution in [0.2, 0.25) is 0 Å². The van der Waals surface area contributed by atoms with Crippen molar-refractivity contribution in [2.75, 3.05) is 0 Å². The number of hydrogen-bond acceptors (Lipinski definition) is 1. The summed E-state index contributed by atoms with van der Waals surface area (Å²) in [5, 5.41) is 10.9. The summed E-state index contributed by atoms with van der Waals surface area (Å²) in [6.45, 7) is 2.18. The Morgan fingerprint density at radius 2 is 1.08 bits per heavy atom. The van der Waals surface area contributed by atoms with Crippen molar-refractivity contribution in [1.29, 1.82) is 0 Å². The van der Waals surface area contributed by atoms with Gasteiger partial charge in [0.2, 0.25) is 0 Å². The van der Waals surface area contributed by atoms with E-state index in [9.17, 15) is 5.11 Å². The summed E-state index contributed by atoms with van der Waals surface area (Å²) in [6.07, 6.45) is 19.6. The Kier molecular flexibility index (Phi) is 5.96. The fourth-order valence-electron chi connectivity index (χ4n) is 12.4. The Labute approximate surface area is 230 Å². The van der Waals surface area contributed by atoms with Crippen molar-refractivity contribution in [2.24, 2.45) is 59.2 Å². The molecule has 6 aliphatic rings. The highest BCUT2D eigenvalue weighted by Crippen LogP contribution is 2.70. The quantitative estimate of drug-likeness (QED) is 0.428. The van der Waals surface area contributed by atoms with Gasteiger partial charge in [-0.3, -0.25) is 0 Å². The number of hydrogen-bond donors (Lipinski definition) is 1. The molecule has 0 amide bonds. The molecule has 0 saturated heterocycles. The number of benzene rings is 2. The van der Waals surface area contributed by atoms with Gasteiger partial charge in [0.25, 0.3) is 0 Å². The first kappa shape index (κ1) is 24.1. The lowest BCUT2D eigenvalue weighted by atomic mass is 9.37. The predicted molar refractivity (Wildman–Crippen MR) is 156 cm³/mol. The molecule has 8 unspecified atom stereocenters. The summed E-state index contributed by atoms with van der Waals surface area (Å²) in [7, 11) is 0. The van der Waals surface area contributed by atoms with Gasteiger partial charge in [-0.15, -0.1) is 0 Å². The fourth-order valence-corrected chi connectivity index (χ4v) is 12.4. The Morgan fingerprint density at radius 1 is 0.553 bits per heavy atom. The SMILES string of the molecule is Cc1ccccc1-c1cc(C2CC3C4CCCCC4C4CCCC5C6CCCCC6C(C2)C3C45)ccc1O. The molecule has 6 fully saturated rings. The van der Waals surface area contributed by atoms with Gasteiger partial charge in [-0.25, -0.2) is 0 Å². The highest BCUT2D eigenvalue weighted by atomic mass is 16.3. The molecule has 0 aromatic heterocycles. The summed E-state index contributed by atoms with van der Waals surface area (Å²) in [6, 6.07) is 15.3. The molecule has 0 spiro atoms. The first-order chi connectivity index (χ1) is 18.7. The van der Waals surface area contributed by atoms with E-state index < -0.39 is 0 Å². The molecule has 6 saturated carbocycles. The monoisotopic (exact) mass is 508 g/mol. The molecule has 8 atom stereocenters. The maximum absolute atomic E-state index is 10.9. The van der Waals surface area contributed by atoms with E-state index in [1.807, 2.05) is 6.07 Å². The molecule has 0 radical (unpaired) electrons. The van der Waals surface area contributed by atoms with Crippen LogP contribution in [0, 0.1) is 66.1 Å². The van der Waals surface area contributed by atoms with Gasteiger partial charge in [0.05, 0.1) is 0 Å². The van der Waals surface area contributed by atoms with Crippen LogP contribution in [0.3, 0.4) is 0 Å². The third-order valence-electron chi connectivity index (χ3n) is 13.5. The normalized spacial score (nSPS) is 43.4. The van der Waals surface area contributed by atoms with Gasteiger partial charge in [0, 0.05) is 5.56 Å². The predicted octanol–water partition coefficient (Wildman–Crippen LogP) is 9.77. The minimum Gasteiger partial charge on any atom is -0.507 e. The van der Waals surface area contributed by atoms with Gasteiger partial charge in [-0.05, 0) is 152 Å². The van der Waals surface area contributed by atoms with Crippen molar-refractivity contribution < 1.29 is 5.11 Å². The van der Waals surface area contributed by atoms with E-state index in [0.717, 1.165) is 64.7 Å². The molecule has 0 aliphatic heterocycles. The molecule has 1 N–H and O–H groups in total. The maximum Gasteiger partial charge on any atom is 0.123 e. The smallest absolute Gasteiger partial charge is 0.123 e. The van der Waals surface area contributed by atoms with Gasteiger partial charge in [-0.2, -0.15) is 0 Å². The molecule has 8 rings (SSSR count). The molecular weight excluding hydrogens is 460 g/mol. The maximum atomic E-state index is 10.9. The van der Waals surface area contributed by atoms with Crippen molar-refractivity contribution in [3.05, 3.63) is 53.6 Å². The zero-order valence-electron chi connectivity index (χ0n) is 23.5. The van der Waals surface area contributed by atoms with Crippen LogP contribution >= 0.6 is 0 Å². The second-order valence-corrected chi connectivity index (χ2v) is 14.7. The van der Waals surface area contributed by atoms with Crippen LogP contribution in [0.5, 0.6) is 5.75 Å². The van der Waals surface area contributed by atoms with Gasteiger partial charge < -0.3 is 5.11 Å². The summed E-state index contributed by atoms with van der Waals surface area (Å²) in [4.78, 5) is 0. The van der Waals surface area contributed by atoms with E-state index in [4.69, 9.17) is 0 Å². The number of phenols is 1. The van der Waals surface area contributed by atoms with Gasteiger partial charge in [-0.1, -0.05) is 62.4 Å². The van der Waals surface area contributed by atoms with E-state index in [1.165, 1.54) is 74.5 Å². The molecular formula is C37H48O. The number of fused-ring (bicyclic) bond motifs is 6. The van der Waals surface area contributed by atoms with Crippen molar-refractivity contribution in [3.8, 4) is 16.9 Å². The first-order valence-corrected chi connectivity index (χ1v) is 16.6. The zero-order valence-corrected chi connectivity index (χ0v) is 23.5. The standard InChI is InChI=1S/C37H48O/c1-22-9-2-3-10-25(22)32-19-23(17-18-35(32)38)24-20-33-28-13-6-4-11-26(28)30-15-8-16-31-27-12-5-7-14-29(27)34(21-24)37(33)36(30)31/h2-3,9-10,17-19,24,26-31,33-34,36-38H,4-8,11-16,20-21H2,1H3. The number of rotatable bonds is 2. The molecule has 0 heterocycles. The Bertz CT molecular complexity index is 1140. The third kappa shape index (κ3) is 3.62. The van der Waals surface area contributed by atoms with E-state index in [1.54, 1.807) is 25.7 Å². The van der Waals surface area contributed by atoms with Crippen LogP contribution in [0.4, 0.5) is 0 Å². The lowest BCUT2D eigenvalue weighted by Gasteiger charge is -2.68. The molecule has 6 aliphatic carbocycles. The van der Waals surface area contributed by atoms with Crippen LogP contribution in [0.1, 0.15) is 101 Å². The largest absolute Gasteiger partial charge is 0.507 e. The Balaban J connectivity index is 1.20. The zero-order chi connectivity index (χ0) is 25.4. The number of aryl methyl sites for hydroxylation is 1. The fraction of sp³-hybridized carbons (Fsp3) is 0.676. The van der Waals surface area contributed by atoms with E-state index in [2.05, 4.69) is 43.3 Å². The molecule has 1 heteroatoms. The molecule has 1 nitrogen and oxygen atoms in total. The van der Waals surface area contributed by atoms with Crippen LogP contribution < -0.4 is 0 Å². The van der Waals surface area contributed by atoms with Crippen molar-refractivity contribution in [1.82, 2.24) is 0 Å². The number of aromatic hydroxyl groups is 1. The van der Waals surface area contributed by atoms with E-state index in [0.29, 0.717) is 11.7 Å². The van der Waals surface area contributed by atoms with E-state index >= 15 is 0 Å². The summed E-state index contributed by atoms with van der Waals surface area (Å²) in [5.74, 6) is 11.4. The first-order valence-electron chi connectivity index (χ1n) is 16.6. The third-order valence-corrected chi connectivity index (χ3v) is 13.5. The van der Waals surface area contributed by atoms with Crippen molar-refractivity contribution in [2.45, 2.75) is 96.3 Å². The average molecular weight is 509 g/mol. The van der Waals surface area contributed by atoms with E-state index in [-0.39, 0.29) is 0 Å². The molecule has 38 heavy (non-hydrogen) atoms. The second-order valence-electron chi connectivity index (χ2n) is 14.7.